The lowest BCUT2D eigenvalue weighted by Crippen LogP contribution is -2.24. The van der Waals surface area contributed by atoms with Gasteiger partial charge in [-0.05, 0) is 37.3 Å². The van der Waals surface area contributed by atoms with Crippen LogP contribution in [0.25, 0.3) is 12.2 Å². The molecule has 0 saturated heterocycles. The lowest BCUT2D eigenvalue weighted by atomic mass is 10.1. The zero-order valence-corrected chi connectivity index (χ0v) is 8.29. The van der Waals surface area contributed by atoms with Crippen LogP contribution in [-0.4, -0.2) is 5.78 Å². The van der Waals surface area contributed by atoms with Crippen LogP contribution in [0, 0.1) is 0 Å². The van der Waals surface area contributed by atoms with E-state index in [0.29, 0.717) is 0 Å². The highest BCUT2D eigenvalue weighted by molar-refractivity contribution is 5.94. The molecular weight excluding hydrogens is 160 g/mol. The molecule has 68 valence electrons. The molecule has 1 nitrogen and oxygen atoms in total. The smallest absolute Gasteiger partial charge is 0.159 e. The Labute approximate surface area is 78.4 Å². The Kier molecular flexibility index (Phi) is 3.02. The second-order valence-corrected chi connectivity index (χ2v) is 2.98. The number of rotatable bonds is 1. The Morgan fingerprint density at radius 1 is 1.15 bits per heavy atom. The second-order valence-electron chi connectivity index (χ2n) is 2.98. The van der Waals surface area contributed by atoms with Gasteiger partial charge in [-0.15, -0.1) is 0 Å². The summed E-state index contributed by atoms with van der Waals surface area (Å²) in [5.74, 6) is 0.116. The largest absolute Gasteiger partial charge is 0.295 e. The lowest BCUT2D eigenvalue weighted by Gasteiger charge is -1.95. The van der Waals surface area contributed by atoms with E-state index in [1.54, 1.807) is 6.92 Å². The third-order valence-electron chi connectivity index (χ3n) is 2.12. The van der Waals surface area contributed by atoms with Gasteiger partial charge in [0.2, 0.25) is 0 Å². The van der Waals surface area contributed by atoms with Crippen molar-refractivity contribution >= 4 is 17.9 Å². The molecule has 1 heteroatoms. The third-order valence-corrected chi connectivity index (χ3v) is 2.12. The molecule has 0 fully saturated rings. The number of Topliss-reactive ketones (excluding diaryl/α,β-unsaturated/α-hetero) is 1. The van der Waals surface area contributed by atoms with E-state index in [1.165, 1.54) is 5.22 Å². The van der Waals surface area contributed by atoms with Gasteiger partial charge < -0.3 is 0 Å². The molecule has 0 aliphatic rings. The average Bonchev–Trinajstić information content (AvgIpc) is 2.16. The molecule has 0 bridgehead atoms. The zero-order valence-electron chi connectivity index (χ0n) is 8.29. The Morgan fingerprint density at radius 3 is 2.23 bits per heavy atom. The Morgan fingerprint density at radius 2 is 1.77 bits per heavy atom. The van der Waals surface area contributed by atoms with Gasteiger partial charge in [-0.3, -0.25) is 4.79 Å². The van der Waals surface area contributed by atoms with Gasteiger partial charge in [-0.1, -0.05) is 24.3 Å². The minimum atomic E-state index is 0.116. The molecule has 0 aliphatic heterocycles. The first-order chi connectivity index (χ1) is 6.19. The molecule has 0 aliphatic carbocycles. The van der Waals surface area contributed by atoms with Gasteiger partial charge in [-0.2, -0.15) is 0 Å². The number of hydrogen-bond donors (Lipinski definition) is 0. The van der Waals surface area contributed by atoms with Crippen LogP contribution in [0.3, 0.4) is 0 Å². The van der Waals surface area contributed by atoms with E-state index in [1.807, 2.05) is 44.2 Å². The topological polar surface area (TPSA) is 17.1 Å². The van der Waals surface area contributed by atoms with Crippen LogP contribution in [0.1, 0.15) is 31.1 Å². The molecule has 13 heavy (non-hydrogen) atoms. The van der Waals surface area contributed by atoms with Gasteiger partial charge in [0.15, 0.2) is 5.78 Å². The van der Waals surface area contributed by atoms with E-state index in [9.17, 15) is 4.79 Å². The molecule has 0 radical (unpaired) electrons. The van der Waals surface area contributed by atoms with E-state index in [-0.39, 0.29) is 5.78 Å². The van der Waals surface area contributed by atoms with Gasteiger partial charge in [0.25, 0.3) is 0 Å². The predicted molar refractivity (Wildman–Crippen MR) is 56.0 cm³/mol. The van der Waals surface area contributed by atoms with Crippen LogP contribution >= 0.6 is 0 Å². The maximum Gasteiger partial charge on any atom is 0.159 e. The normalized spacial score (nSPS) is 13.5. The molecule has 0 amide bonds. The van der Waals surface area contributed by atoms with Crippen LogP contribution in [0.2, 0.25) is 0 Å². The quantitative estimate of drug-likeness (QED) is 0.589. The number of benzene rings is 1. The molecule has 1 rings (SSSR count). The lowest BCUT2D eigenvalue weighted by molar-refractivity contribution is 0.101. The number of ketones is 1. The Balaban J connectivity index is 3.49. The summed E-state index contributed by atoms with van der Waals surface area (Å²) in [4.78, 5) is 11.1. The van der Waals surface area contributed by atoms with E-state index in [0.717, 1.165) is 10.8 Å². The Bertz CT molecular complexity index is 427. The molecular formula is C12H14O. The van der Waals surface area contributed by atoms with Gasteiger partial charge in [0, 0.05) is 5.56 Å². The maximum absolute atomic E-state index is 11.1. The van der Waals surface area contributed by atoms with Crippen LogP contribution in [0.4, 0.5) is 0 Å². The van der Waals surface area contributed by atoms with E-state index < -0.39 is 0 Å². The van der Waals surface area contributed by atoms with Crippen molar-refractivity contribution in [1.29, 1.82) is 0 Å². The molecule has 1 aromatic rings. The number of hydrogen-bond acceptors (Lipinski definition) is 1. The van der Waals surface area contributed by atoms with E-state index in [4.69, 9.17) is 0 Å². The summed E-state index contributed by atoms with van der Waals surface area (Å²) in [7, 11) is 0. The summed E-state index contributed by atoms with van der Waals surface area (Å²) in [5.41, 5.74) is 0.777. The van der Waals surface area contributed by atoms with E-state index >= 15 is 0 Å². The van der Waals surface area contributed by atoms with Gasteiger partial charge >= 0.3 is 0 Å². The van der Waals surface area contributed by atoms with Crippen molar-refractivity contribution in [3.8, 4) is 0 Å². The van der Waals surface area contributed by atoms with E-state index in [2.05, 4.69) is 0 Å². The van der Waals surface area contributed by atoms with Crippen LogP contribution in [0.5, 0.6) is 0 Å². The minimum Gasteiger partial charge on any atom is -0.295 e. The van der Waals surface area contributed by atoms with Gasteiger partial charge in [0.1, 0.15) is 0 Å². The highest BCUT2D eigenvalue weighted by atomic mass is 16.1. The standard InChI is InChI=1S/C12H14O/c1-4-10-6-7-12(9(3)13)8-11(10)5-2/h4-8H,1-3H3. The summed E-state index contributed by atoms with van der Waals surface area (Å²) >= 11 is 0. The highest BCUT2D eigenvalue weighted by Crippen LogP contribution is 1.92. The fourth-order valence-corrected chi connectivity index (χ4v) is 1.31. The van der Waals surface area contributed by atoms with Crippen molar-refractivity contribution in [2.45, 2.75) is 20.8 Å². The van der Waals surface area contributed by atoms with Crippen molar-refractivity contribution in [3.05, 3.63) is 34.2 Å². The second kappa shape index (κ2) is 4.04. The summed E-state index contributed by atoms with van der Waals surface area (Å²) in [6.45, 7) is 5.56. The Hall–Kier alpha value is -1.37. The van der Waals surface area contributed by atoms with Crippen molar-refractivity contribution in [1.82, 2.24) is 0 Å². The SMILES string of the molecule is CC=c1ccc(C(C)=O)cc1=CC. The fourth-order valence-electron chi connectivity index (χ4n) is 1.31. The number of carbonyl (C=O) groups is 1. The molecule has 0 atom stereocenters. The minimum absolute atomic E-state index is 0.116. The van der Waals surface area contributed by atoms with Gasteiger partial charge in [0.05, 0.1) is 0 Å². The summed E-state index contributed by atoms with van der Waals surface area (Å²) in [6.07, 6.45) is 4.06. The molecule has 0 saturated carbocycles. The van der Waals surface area contributed by atoms with Crippen molar-refractivity contribution in [2.75, 3.05) is 0 Å². The zero-order chi connectivity index (χ0) is 9.84. The first-order valence-corrected chi connectivity index (χ1v) is 4.42. The molecule has 0 aromatic heterocycles. The summed E-state index contributed by atoms with van der Waals surface area (Å²) < 4.78 is 0. The summed E-state index contributed by atoms with van der Waals surface area (Å²) in [6, 6.07) is 5.77. The monoisotopic (exact) mass is 174 g/mol. The fraction of sp³-hybridized carbons (Fsp3) is 0.250. The third kappa shape index (κ3) is 2.05. The van der Waals surface area contributed by atoms with Gasteiger partial charge in [-0.25, -0.2) is 0 Å². The van der Waals surface area contributed by atoms with Crippen molar-refractivity contribution in [2.24, 2.45) is 0 Å². The number of carbonyl (C=O) groups excluding carboxylic acids is 1. The molecule has 0 heterocycles. The molecule has 0 spiro atoms. The summed E-state index contributed by atoms with van der Waals surface area (Å²) in [5, 5.41) is 2.29. The maximum atomic E-state index is 11.1. The predicted octanol–water partition coefficient (Wildman–Crippen LogP) is 1.49. The molecule has 0 N–H and O–H groups in total. The van der Waals surface area contributed by atoms with Crippen molar-refractivity contribution in [3.63, 3.8) is 0 Å². The van der Waals surface area contributed by atoms with Crippen LogP contribution < -0.4 is 10.4 Å². The average molecular weight is 174 g/mol. The highest BCUT2D eigenvalue weighted by Gasteiger charge is 1.96. The van der Waals surface area contributed by atoms with Crippen LogP contribution in [0.15, 0.2) is 18.2 Å². The first kappa shape index (κ1) is 9.72. The van der Waals surface area contributed by atoms with Crippen LogP contribution in [-0.2, 0) is 0 Å². The first-order valence-electron chi connectivity index (χ1n) is 4.42. The molecule has 0 unspecified atom stereocenters. The van der Waals surface area contributed by atoms with Crippen molar-refractivity contribution < 1.29 is 4.79 Å². The molecule has 1 aromatic carbocycles.